The highest BCUT2D eigenvalue weighted by Crippen LogP contribution is 2.18. The molecule has 8 nitrogen and oxygen atoms in total. The van der Waals surface area contributed by atoms with E-state index in [4.69, 9.17) is 0 Å². The van der Waals surface area contributed by atoms with Gasteiger partial charge in [-0.1, -0.05) is 12.1 Å². The predicted octanol–water partition coefficient (Wildman–Crippen LogP) is 3.24. The second kappa shape index (κ2) is 7.59. The summed E-state index contributed by atoms with van der Waals surface area (Å²) in [6, 6.07) is 11.9. The number of aromatic nitrogens is 6. The van der Waals surface area contributed by atoms with Crippen molar-refractivity contribution in [2.75, 3.05) is 17.2 Å². The van der Waals surface area contributed by atoms with Gasteiger partial charge < -0.3 is 10.6 Å². The Morgan fingerprint density at radius 1 is 0.964 bits per heavy atom. The molecule has 0 amide bonds. The van der Waals surface area contributed by atoms with E-state index in [2.05, 4.69) is 35.7 Å². The van der Waals surface area contributed by atoms with Crippen LogP contribution in [-0.2, 0) is 6.42 Å². The Morgan fingerprint density at radius 2 is 1.86 bits per heavy atom. The Hall–Kier alpha value is -3.55. The lowest BCUT2D eigenvalue weighted by Crippen LogP contribution is -2.10. The highest BCUT2D eigenvalue weighted by Gasteiger charge is 2.11. The highest BCUT2D eigenvalue weighted by atomic mass is 15.4. The minimum Gasteiger partial charge on any atom is -0.369 e. The van der Waals surface area contributed by atoms with Crippen LogP contribution in [0.3, 0.4) is 0 Å². The van der Waals surface area contributed by atoms with Crippen LogP contribution < -0.4 is 10.6 Å². The van der Waals surface area contributed by atoms with Gasteiger partial charge in [0.05, 0.1) is 0 Å². The van der Waals surface area contributed by atoms with E-state index in [1.165, 1.54) is 0 Å². The molecule has 0 saturated heterocycles. The minimum atomic E-state index is 0.465. The van der Waals surface area contributed by atoms with Gasteiger partial charge in [0.25, 0.3) is 5.78 Å². The first-order chi connectivity index (χ1) is 13.6. The summed E-state index contributed by atoms with van der Waals surface area (Å²) in [5.74, 6) is 2.59. The molecule has 8 heteroatoms. The monoisotopic (exact) mass is 374 g/mol. The van der Waals surface area contributed by atoms with Crippen molar-refractivity contribution in [1.82, 2.24) is 29.5 Å². The van der Waals surface area contributed by atoms with Crippen molar-refractivity contribution >= 4 is 23.4 Å². The quantitative estimate of drug-likeness (QED) is 0.535. The largest absolute Gasteiger partial charge is 0.369 e. The van der Waals surface area contributed by atoms with Crippen molar-refractivity contribution in [3.05, 3.63) is 65.2 Å². The number of hydrogen-bond donors (Lipinski definition) is 2. The fourth-order valence-corrected chi connectivity index (χ4v) is 2.89. The van der Waals surface area contributed by atoms with Crippen LogP contribution in [0.25, 0.3) is 5.78 Å². The zero-order chi connectivity index (χ0) is 19.5. The van der Waals surface area contributed by atoms with E-state index in [1.54, 1.807) is 10.7 Å². The zero-order valence-electron chi connectivity index (χ0n) is 16.1. The van der Waals surface area contributed by atoms with Crippen LogP contribution >= 0.6 is 0 Å². The van der Waals surface area contributed by atoms with Gasteiger partial charge in [-0.15, -0.1) is 5.10 Å². The third kappa shape index (κ3) is 3.90. The van der Waals surface area contributed by atoms with Crippen LogP contribution in [0.15, 0.2) is 42.6 Å². The van der Waals surface area contributed by atoms with E-state index in [1.807, 2.05) is 57.2 Å². The maximum atomic E-state index is 4.56. The van der Waals surface area contributed by atoms with E-state index in [0.29, 0.717) is 11.7 Å². The molecule has 0 spiro atoms. The number of nitrogens with zero attached hydrogens (tertiary/aromatic N) is 6. The van der Waals surface area contributed by atoms with Crippen molar-refractivity contribution in [3.8, 4) is 0 Å². The Kier molecular flexibility index (Phi) is 4.84. The lowest BCUT2D eigenvalue weighted by Gasteiger charge is -2.08. The molecule has 0 fully saturated rings. The van der Waals surface area contributed by atoms with Crippen molar-refractivity contribution in [2.45, 2.75) is 27.2 Å². The number of nitrogens with one attached hydrogen (secondary N) is 2. The van der Waals surface area contributed by atoms with Gasteiger partial charge in [0.15, 0.2) is 0 Å². The lowest BCUT2D eigenvalue weighted by atomic mass is 10.2. The average molecular weight is 374 g/mol. The van der Waals surface area contributed by atoms with Crippen molar-refractivity contribution in [2.24, 2.45) is 0 Å². The number of aryl methyl sites for hydroxylation is 3. The van der Waals surface area contributed by atoms with Gasteiger partial charge in [-0.3, -0.25) is 4.98 Å². The minimum absolute atomic E-state index is 0.465. The lowest BCUT2D eigenvalue weighted by molar-refractivity contribution is 0.896. The molecule has 4 aromatic heterocycles. The van der Waals surface area contributed by atoms with Crippen LogP contribution in [-0.4, -0.2) is 36.1 Å². The van der Waals surface area contributed by atoms with Gasteiger partial charge in [-0.25, -0.2) is 9.97 Å². The third-order valence-corrected chi connectivity index (χ3v) is 4.32. The first-order valence-corrected chi connectivity index (χ1v) is 9.18. The maximum Gasteiger partial charge on any atom is 0.256 e. The molecule has 4 aromatic rings. The normalized spacial score (nSPS) is 11.0. The second-order valence-electron chi connectivity index (χ2n) is 6.67. The van der Waals surface area contributed by atoms with Crippen molar-refractivity contribution in [3.63, 3.8) is 0 Å². The number of anilines is 3. The molecule has 0 saturated carbocycles. The van der Waals surface area contributed by atoms with E-state index in [0.717, 1.165) is 47.2 Å². The second-order valence-corrected chi connectivity index (χ2v) is 6.67. The topological polar surface area (TPSA) is 92.9 Å². The van der Waals surface area contributed by atoms with Crippen LogP contribution in [0.2, 0.25) is 0 Å². The summed E-state index contributed by atoms with van der Waals surface area (Å²) < 4.78 is 1.71. The maximum absolute atomic E-state index is 4.56. The Labute approximate surface area is 163 Å². The van der Waals surface area contributed by atoms with Gasteiger partial charge in [0, 0.05) is 42.3 Å². The van der Waals surface area contributed by atoms with Gasteiger partial charge in [-0.2, -0.15) is 9.50 Å². The SMILES string of the molecule is Cc1ccc(C)c(Nc2nc3nc(C)cc(NCCc4ccccn4)n3n2)n1. The molecule has 4 heterocycles. The fraction of sp³-hybridized carbons (Fsp3) is 0.250. The van der Waals surface area contributed by atoms with E-state index >= 15 is 0 Å². The fourth-order valence-electron chi connectivity index (χ4n) is 2.89. The number of fused-ring (bicyclic) bond motifs is 1. The summed E-state index contributed by atoms with van der Waals surface area (Å²) in [6.45, 7) is 6.63. The number of hydrogen-bond acceptors (Lipinski definition) is 7. The summed E-state index contributed by atoms with van der Waals surface area (Å²) in [5.41, 5.74) is 3.88. The van der Waals surface area contributed by atoms with Gasteiger partial charge in [0.1, 0.15) is 11.6 Å². The van der Waals surface area contributed by atoms with Gasteiger partial charge >= 0.3 is 0 Å². The van der Waals surface area contributed by atoms with Crippen molar-refractivity contribution in [1.29, 1.82) is 0 Å². The molecule has 0 aliphatic heterocycles. The number of pyridine rings is 2. The Balaban J connectivity index is 1.56. The first kappa shape index (κ1) is 17.8. The smallest absolute Gasteiger partial charge is 0.256 e. The molecule has 0 radical (unpaired) electrons. The summed E-state index contributed by atoms with van der Waals surface area (Å²) in [4.78, 5) is 17.9. The van der Waals surface area contributed by atoms with Crippen LogP contribution in [0, 0.1) is 20.8 Å². The average Bonchev–Trinajstić information content (AvgIpc) is 3.08. The molecule has 0 aliphatic rings. The standard InChI is InChI=1S/C20H22N8/c1-13-7-8-14(2)23-18(13)25-19-26-20-24-15(3)12-17(28(20)27-19)22-11-9-16-6-4-5-10-21-16/h4-8,10,12,22H,9,11H2,1-3H3,(H,23,25,27). The van der Waals surface area contributed by atoms with Crippen LogP contribution in [0.1, 0.15) is 22.6 Å². The molecular formula is C20H22N8. The summed E-state index contributed by atoms with van der Waals surface area (Å²) in [7, 11) is 0. The molecule has 0 aliphatic carbocycles. The molecule has 0 unspecified atom stereocenters. The summed E-state index contributed by atoms with van der Waals surface area (Å²) in [6.07, 6.45) is 2.62. The zero-order valence-corrected chi connectivity index (χ0v) is 16.1. The number of rotatable bonds is 6. The summed E-state index contributed by atoms with van der Waals surface area (Å²) in [5, 5.41) is 11.2. The molecule has 0 aromatic carbocycles. The van der Waals surface area contributed by atoms with E-state index < -0.39 is 0 Å². The molecular weight excluding hydrogens is 352 g/mol. The first-order valence-electron chi connectivity index (χ1n) is 9.18. The Morgan fingerprint density at radius 3 is 2.68 bits per heavy atom. The molecule has 0 bridgehead atoms. The van der Waals surface area contributed by atoms with Crippen LogP contribution in [0.4, 0.5) is 17.6 Å². The molecule has 0 atom stereocenters. The van der Waals surface area contributed by atoms with E-state index in [-0.39, 0.29) is 0 Å². The highest BCUT2D eigenvalue weighted by molar-refractivity contribution is 5.56. The molecule has 28 heavy (non-hydrogen) atoms. The third-order valence-electron chi connectivity index (χ3n) is 4.32. The van der Waals surface area contributed by atoms with Gasteiger partial charge in [0.2, 0.25) is 5.95 Å². The van der Waals surface area contributed by atoms with Crippen LogP contribution in [0.5, 0.6) is 0 Å². The summed E-state index contributed by atoms with van der Waals surface area (Å²) >= 11 is 0. The Bertz CT molecular complexity index is 1100. The molecule has 2 N–H and O–H groups in total. The van der Waals surface area contributed by atoms with E-state index in [9.17, 15) is 0 Å². The predicted molar refractivity (Wildman–Crippen MR) is 109 cm³/mol. The molecule has 4 rings (SSSR count). The van der Waals surface area contributed by atoms with Gasteiger partial charge in [-0.05, 0) is 44.5 Å². The van der Waals surface area contributed by atoms with Crippen molar-refractivity contribution < 1.29 is 0 Å². The molecule has 142 valence electrons.